The first-order chi connectivity index (χ1) is 23.5. The molecule has 4 aromatic carbocycles. The molecule has 9 heteroatoms. The highest BCUT2D eigenvalue weighted by Crippen LogP contribution is 2.35. The molecule has 9 nitrogen and oxygen atoms in total. The van der Waals surface area contributed by atoms with Crippen molar-refractivity contribution in [3.8, 4) is 0 Å². The average molecular weight is 649 g/mol. The Morgan fingerprint density at radius 3 is 1.54 bits per heavy atom. The second-order valence-electron chi connectivity index (χ2n) is 11.8. The van der Waals surface area contributed by atoms with Gasteiger partial charge in [-0.15, -0.1) is 0 Å². The van der Waals surface area contributed by atoms with E-state index < -0.39 is 41.9 Å². The van der Waals surface area contributed by atoms with Crippen LogP contribution in [0.4, 0.5) is 0 Å². The smallest absolute Gasteiger partial charge is 0.330 e. The summed E-state index contributed by atoms with van der Waals surface area (Å²) >= 11 is 0. The van der Waals surface area contributed by atoms with E-state index in [0.717, 1.165) is 22.3 Å². The topological polar surface area (TPSA) is 101 Å². The van der Waals surface area contributed by atoms with Crippen molar-refractivity contribution < 1.29 is 23.7 Å². The second kappa shape index (κ2) is 16.5. The van der Waals surface area contributed by atoms with Crippen LogP contribution >= 0.6 is 0 Å². The number of aryl methyl sites for hydroxylation is 1. The van der Waals surface area contributed by atoms with Crippen LogP contribution in [0, 0.1) is 6.92 Å². The van der Waals surface area contributed by atoms with Crippen LogP contribution in [-0.2, 0) is 50.1 Å². The molecule has 0 radical (unpaired) electrons. The molecule has 0 aliphatic carbocycles. The van der Waals surface area contributed by atoms with Gasteiger partial charge >= 0.3 is 5.69 Å². The SMILES string of the molecule is Cc1cn([C@@H]2O[C@H](COCc3ccccc3)[C@@H](OCc3ccccc3)[C@H](OCc3ccccc3)[C@H]2OCc2ccccc2)c(=O)[nH]c1=O. The summed E-state index contributed by atoms with van der Waals surface area (Å²) in [5.41, 5.74) is 3.20. The molecule has 1 aromatic heterocycles. The van der Waals surface area contributed by atoms with E-state index in [0.29, 0.717) is 18.8 Å². The summed E-state index contributed by atoms with van der Waals surface area (Å²) in [7, 11) is 0. The molecule has 1 fully saturated rings. The Bertz CT molecular complexity index is 1810. The predicted octanol–water partition coefficient (Wildman–Crippen LogP) is 5.72. The molecule has 5 atom stereocenters. The molecule has 0 amide bonds. The van der Waals surface area contributed by atoms with Crippen LogP contribution < -0.4 is 11.2 Å². The maximum atomic E-state index is 13.4. The Balaban J connectivity index is 1.38. The number of H-pyrrole nitrogens is 1. The molecule has 1 saturated heterocycles. The Labute approximate surface area is 279 Å². The number of benzene rings is 4. The van der Waals surface area contributed by atoms with Gasteiger partial charge in [0.05, 0.1) is 33.0 Å². The van der Waals surface area contributed by atoms with E-state index in [1.807, 2.05) is 121 Å². The Morgan fingerprint density at radius 1 is 0.604 bits per heavy atom. The summed E-state index contributed by atoms with van der Waals surface area (Å²) < 4.78 is 34.4. The lowest BCUT2D eigenvalue weighted by atomic mass is 9.96. The van der Waals surface area contributed by atoms with E-state index in [-0.39, 0.29) is 19.8 Å². The summed E-state index contributed by atoms with van der Waals surface area (Å²) in [4.78, 5) is 28.2. The molecule has 6 rings (SSSR count). The van der Waals surface area contributed by atoms with Gasteiger partial charge in [-0.05, 0) is 29.2 Å². The first kappa shape index (κ1) is 33.3. The summed E-state index contributed by atoms with van der Waals surface area (Å²) in [6.07, 6.45) is -2.31. The van der Waals surface area contributed by atoms with E-state index in [2.05, 4.69) is 4.98 Å². The number of nitrogens with one attached hydrogen (secondary N) is 1. The van der Waals surface area contributed by atoms with E-state index >= 15 is 0 Å². The van der Waals surface area contributed by atoms with Crippen molar-refractivity contribution in [2.45, 2.75) is 64.0 Å². The lowest BCUT2D eigenvalue weighted by Crippen LogP contribution is -2.60. The number of hydrogen-bond acceptors (Lipinski definition) is 7. The van der Waals surface area contributed by atoms with Crippen molar-refractivity contribution in [2.75, 3.05) is 6.61 Å². The molecular formula is C39H40N2O7. The summed E-state index contributed by atoms with van der Waals surface area (Å²) in [6, 6.07) is 39.4. The van der Waals surface area contributed by atoms with Gasteiger partial charge < -0.3 is 23.7 Å². The second-order valence-corrected chi connectivity index (χ2v) is 11.8. The number of aromatic nitrogens is 2. The summed E-state index contributed by atoms with van der Waals surface area (Å²) in [5, 5.41) is 0. The zero-order chi connectivity index (χ0) is 33.1. The quantitative estimate of drug-likeness (QED) is 0.165. The van der Waals surface area contributed by atoms with Crippen LogP contribution in [0.3, 0.4) is 0 Å². The normalized spacial score (nSPS) is 20.8. The van der Waals surface area contributed by atoms with Crippen molar-refractivity contribution in [1.82, 2.24) is 9.55 Å². The molecular weight excluding hydrogens is 608 g/mol. The van der Waals surface area contributed by atoms with Crippen LogP contribution in [0.5, 0.6) is 0 Å². The molecule has 48 heavy (non-hydrogen) atoms. The minimum atomic E-state index is -0.973. The molecule has 5 aromatic rings. The molecule has 0 saturated carbocycles. The zero-order valence-electron chi connectivity index (χ0n) is 26.9. The van der Waals surface area contributed by atoms with Gasteiger partial charge in [0, 0.05) is 11.8 Å². The lowest BCUT2D eigenvalue weighted by Gasteiger charge is -2.46. The van der Waals surface area contributed by atoms with Gasteiger partial charge in [-0.25, -0.2) is 4.79 Å². The van der Waals surface area contributed by atoms with Crippen LogP contribution in [0.15, 0.2) is 137 Å². The number of nitrogens with zero attached hydrogens (tertiary/aromatic N) is 1. The molecule has 248 valence electrons. The van der Waals surface area contributed by atoms with Crippen molar-refractivity contribution in [1.29, 1.82) is 0 Å². The highest BCUT2D eigenvalue weighted by molar-refractivity contribution is 5.17. The number of aromatic amines is 1. The van der Waals surface area contributed by atoms with Gasteiger partial charge in [0.25, 0.3) is 5.56 Å². The van der Waals surface area contributed by atoms with Gasteiger partial charge in [-0.3, -0.25) is 14.3 Å². The minimum absolute atomic E-state index is 0.151. The third-order valence-corrected chi connectivity index (χ3v) is 8.28. The van der Waals surface area contributed by atoms with Gasteiger partial charge in [-0.2, -0.15) is 0 Å². The third-order valence-electron chi connectivity index (χ3n) is 8.28. The van der Waals surface area contributed by atoms with Crippen LogP contribution in [0.25, 0.3) is 0 Å². The number of rotatable bonds is 14. The fourth-order valence-corrected chi connectivity index (χ4v) is 5.76. The number of ether oxygens (including phenoxy) is 5. The largest absolute Gasteiger partial charge is 0.374 e. The third kappa shape index (κ3) is 8.63. The van der Waals surface area contributed by atoms with E-state index in [9.17, 15) is 9.59 Å². The molecule has 1 aliphatic heterocycles. The van der Waals surface area contributed by atoms with Crippen LogP contribution in [0.2, 0.25) is 0 Å². The Morgan fingerprint density at radius 2 is 1.04 bits per heavy atom. The van der Waals surface area contributed by atoms with Crippen molar-refractivity contribution >= 4 is 0 Å². The molecule has 2 heterocycles. The standard InChI is InChI=1S/C39H40N2O7/c1-28-22-41(39(43)40-37(28)42)38-36(47-26-32-20-12-5-13-21-32)35(46-25-31-18-10-4-11-19-31)34(45-24-30-16-8-3-9-17-30)33(48-38)27-44-23-29-14-6-2-7-15-29/h2-22,33-36,38H,23-27H2,1H3,(H,40,42,43)/t33-,34-,35+,36-,38-/m1/s1. The summed E-state index contributed by atoms with van der Waals surface area (Å²) in [6.45, 7) is 2.95. The molecule has 1 N–H and O–H groups in total. The monoisotopic (exact) mass is 648 g/mol. The first-order valence-corrected chi connectivity index (χ1v) is 16.1. The van der Waals surface area contributed by atoms with E-state index in [1.165, 1.54) is 10.8 Å². The maximum Gasteiger partial charge on any atom is 0.330 e. The van der Waals surface area contributed by atoms with Gasteiger partial charge in [-0.1, -0.05) is 121 Å². The average Bonchev–Trinajstić information content (AvgIpc) is 3.12. The fraction of sp³-hybridized carbons (Fsp3) is 0.282. The minimum Gasteiger partial charge on any atom is -0.374 e. The highest BCUT2D eigenvalue weighted by Gasteiger charge is 2.49. The highest BCUT2D eigenvalue weighted by atomic mass is 16.6. The zero-order valence-corrected chi connectivity index (χ0v) is 26.9. The van der Waals surface area contributed by atoms with Crippen molar-refractivity contribution in [3.05, 3.63) is 176 Å². The molecule has 0 bridgehead atoms. The Kier molecular flexibility index (Phi) is 11.4. The van der Waals surface area contributed by atoms with Gasteiger partial charge in [0.15, 0.2) is 6.23 Å². The van der Waals surface area contributed by atoms with Crippen molar-refractivity contribution in [2.24, 2.45) is 0 Å². The summed E-state index contributed by atoms with van der Waals surface area (Å²) in [5.74, 6) is 0. The van der Waals surface area contributed by atoms with Crippen LogP contribution in [0.1, 0.15) is 34.0 Å². The molecule has 0 unspecified atom stereocenters. The van der Waals surface area contributed by atoms with E-state index in [4.69, 9.17) is 23.7 Å². The van der Waals surface area contributed by atoms with Crippen LogP contribution in [-0.4, -0.2) is 40.6 Å². The maximum absolute atomic E-state index is 13.4. The Hall–Kier alpha value is -4.64. The molecule has 0 spiro atoms. The van der Waals surface area contributed by atoms with Gasteiger partial charge in [0.1, 0.15) is 24.4 Å². The fourth-order valence-electron chi connectivity index (χ4n) is 5.76. The van der Waals surface area contributed by atoms with Crippen molar-refractivity contribution in [3.63, 3.8) is 0 Å². The predicted molar refractivity (Wildman–Crippen MR) is 181 cm³/mol. The van der Waals surface area contributed by atoms with Gasteiger partial charge in [0.2, 0.25) is 0 Å². The lowest BCUT2D eigenvalue weighted by molar-refractivity contribution is -0.291. The molecule has 1 aliphatic rings. The number of hydrogen-bond donors (Lipinski definition) is 1. The first-order valence-electron chi connectivity index (χ1n) is 16.1. The van der Waals surface area contributed by atoms with E-state index in [1.54, 1.807) is 6.92 Å².